The molecule has 1 aromatic heterocycles. The number of nitrogens with one attached hydrogen (secondary N) is 2. The molecule has 0 aliphatic rings. The molecule has 0 atom stereocenters. The maximum atomic E-state index is 12.1. The molecule has 2 rings (SSSR count). The van der Waals surface area contributed by atoms with E-state index >= 15 is 0 Å². The molecule has 0 aliphatic carbocycles. The Labute approximate surface area is 113 Å². The minimum Gasteiger partial charge on any atom is -0.352 e. The van der Waals surface area contributed by atoms with Crippen LogP contribution in [-0.4, -0.2) is 30.5 Å². The lowest BCUT2D eigenvalue weighted by atomic mass is 10.1. The number of carbonyl (C=O) groups excluding carboxylic acids is 1. The van der Waals surface area contributed by atoms with Crippen molar-refractivity contribution < 1.29 is 4.79 Å². The lowest BCUT2D eigenvalue weighted by Gasteiger charge is -2.07. The quantitative estimate of drug-likeness (QED) is 0.778. The van der Waals surface area contributed by atoms with Gasteiger partial charge in [-0.1, -0.05) is 19.1 Å². The van der Waals surface area contributed by atoms with E-state index in [4.69, 9.17) is 0 Å². The van der Waals surface area contributed by atoms with Gasteiger partial charge in [0.05, 0.1) is 5.52 Å². The average molecular weight is 257 g/mol. The van der Waals surface area contributed by atoms with Crippen LogP contribution in [0.5, 0.6) is 0 Å². The molecule has 1 heterocycles. The Morgan fingerprint density at radius 1 is 1.21 bits per heavy atom. The molecule has 0 spiro atoms. The number of hydrogen-bond acceptors (Lipinski definition) is 3. The summed E-state index contributed by atoms with van der Waals surface area (Å²) in [4.78, 5) is 16.4. The molecule has 4 heteroatoms. The zero-order valence-electron chi connectivity index (χ0n) is 11.1. The molecule has 1 aromatic carbocycles. The van der Waals surface area contributed by atoms with Gasteiger partial charge in [-0.2, -0.15) is 0 Å². The van der Waals surface area contributed by atoms with E-state index < -0.39 is 0 Å². The predicted octanol–water partition coefficient (Wildman–Crippen LogP) is 1.96. The molecule has 1 amide bonds. The molecule has 2 aromatic rings. The summed E-state index contributed by atoms with van der Waals surface area (Å²) < 4.78 is 0. The minimum absolute atomic E-state index is 0.0323. The number of fused-ring (bicyclic) bond motifs is 1. The van der Waals surface area contributed by atoms with Crippen LogP contribution in [-0.2, 0) is 0 Å². The predicted molar refractivity (Wildman–Crippen MR) is 77.2 cm³/mol. The first-order valence-corrected chi connectivity index (χ1v) is 6.65. The minimum atomic E-state index is -0.0323. The fourth-order valence-corrected chi connectivity index (χ4v) is 1.99. The summed E-state index contributed by atoms with van der Waals surface area (Å²) in [6.07, 6.45) is 2.67. The van der Waals surface area contributed by atoms with Gasteiger partial charge in [-0.15, -0.1) is 0 Å². The highest BCUT2D eigenvalue weighted by atomic mass is 16.1. The van der Waals surface area contributed by atoms with Crippen molar-refractivity contribution in [2.24, 2.45) is 0 Å². The van der Waals surface area contributed by atoms with Crippen molar-refractivity contribution in [2.75, 3.05) is 19.6 Å². The summed E-state index contributed by atoms with van der Waals surface area (Å²) in [5, 5.41) is 7.07. The van der Waals surface area contributed by atoms with E-state index in [-0.39, 0.29) is 5.91 Å². The molecule has 0 radical (unpaired) electrons. The van der Waals surface area contributed by atoms with Crippen LogP contribution >= 0.6 is 0 Å². The van der Waals surface area contributed by atoms with Crippen molar-refractivity contribution in [2.45, 2.75) is 13.3 Å². The highest BCUT2D eigenvalue weighted by Crippen LogP contribution is 2.15. The highest BCUT2D eigenvalue weighted by Gasteiger charge is 2.08. The van der Waals surface area contributed by atoms with E-state index in [1.54, 1.807) is 6.20 Å². The van der Waals surface area contributed by atoms with Crippen molar-refractivity contribution >= 4 is 16.8 Å². The van der Waals surface area contributed by atoms with Crippen molar-refractivity contribution in [1.82, 2.24) is 15.6 Å². The molecule has 19 heavy (non-hydrogen) atoms. The van der Waals surface area contributed by atoms with Crippen LogP contribution in [0.1, 0.15) is 23.7 Å². The summed E-state index contributed by atoms with van der Waals surface area (Å²) in [7, 11) is 0. The normalized spacial score (nSPS) is 10.6. The fourth-order valence-electron chi connectivity index (χ4n) is 1.99. The molecule has 0 bridgehead atoms. The van der Waals surface area contributed by atoms with Crippen LogP contribution in [0, 0.1) is 0 Å². The Hall–Kier alpha value is -1.94. The average Bonchev–Trinajstić information content (AvgIpc) is 2.46. The second-order valence-corrected chi connectivity index (χ2v) is 4.34. The fraction of sp³-hybridized carbons (Fsp3) is 0.333. The SMILES string of the molecule is CCNCCCNC(=O)c1cccc2ncccc12. The summed E-state index contributed by atoms with van der Waals surface area (Å²) in [5.41, 5.74) is 1.54. The van der Waals surface area contributed by atoms with Gasteiger partial charge in [0.1, 0.15) is 0 Å². The van der Waals surface area contributed by atoms with Gasteiger partial charge in [-0.05, 0) is 37.7 Å². The lowest BCUT2D eigenvalue weighted by Crippen LogP contribution is -2.27. The van der Waals surface area contributed by atoms with Crippen LogP contribution in [0.15, 0.2) is 36.5 Å². The van der Waals surface area contributed by atoms with Gasteiger partial charge in [0.25, 0.3) is 5.91 Å². The Morgan fingerprint density at radius 2 is 2.11 bits per heavy atom. The van der Waals surface area contributed by atoms with Crippen molar-refractivity contribution in [3.8, 4) is 0 Å². The number of benzene rings is 1. The van der Waals surface area contributed by atoms with Gasteiger partial charge >= 0.3 is 0 Å². The summed E-state index contributed by atoms with van der Waals surface area (Å²) in [5.74, 6) is -0.0323. The summed E-state index contributed by atoms with van der Waals surface area (Å²) in [6.45, 7) is 4.64. The topological polar surface area (TPSA) is 54.0 Å². The maximum Gasteiger partial charge on any atom is 0.251 e. The van der Waals surface area contributed by atoms with Gasteiger partial charge in [0.15, 0.2) is 0 Å². The standard InChI is InChI=1S/C15H19N3O/c1-2-16-9-5-11-18-15(19)13-6-3-8-14-12(13)7-4-10-17-14/h3-4,6-8,10,16H,2,5,9,11H2,1H3,(H,18,19). The first-order chi connectivity index (χ1) is 9.33. The molecular formula is C15H19N3O. The van der Waals surface area contributed by atoms with E-state index in [0.29, 0.717) is 12.1 Å². The number of amides is 1. The van der Waals surface area contributed by atoms with Crippen LogP contribution in [0.25, 0.3) is 10.9 Å². The third-order valence-electron chi connectivity index (χ3n) is 2.96. The molecule has 100 valence electrons. The second kappa shape index (κ2) is 6.85. The molecule has 2 N–H and O–H groups in total. The summed E-state index contributed by atoms with van der Waals surface area (Å²) >= 11 is 0. The Balaban J connectivity index is 2.01. The smallest absolute Gasteiger partial charge is 0.251 e. The third kappa shape index (κ3) is 3.51. The van der Waals surface area contributed by atoms with Gasteiger partial charge in [0.2, 0.25) is 0 Å². The van der Waals surface area contributed by atoms with Crippen LogP contribution in [0.2, 0.25) is 0 Å². The van der Waals surface area contributed by atoms with E-state index in [1.807, 2.05) is 30.3 Å². The molecule has 0 aliphatic heterocycles. The number of pyridine rings is 1. The van der Waals surface area contributed by atoms with Crippen LogP contribution in [0.4, 0.5) is 0 Å². The Bertz CT molecular complexity index is 549. The van der Waals surface area contributed by atoms with E-state index in [9.17, 15) is 4.79 Å². The number of aromatic nitrogens is 1. The van der Waals surface area contributed by atoms with Gasteiger partial charge in [-0.25, -0.2) is 0 Å². The van der Waals surface area contributed by atoms with Crippen LogP contribution < -0.4 is 10.6 Å². The second-order valence-electron chi connectivity index (χ2n) is 4.34. The van der Waals surface area contributed by atoms with Gasteiger partial charge in [-0.3, -0.25) is 9.78 Å². The zero-order valence-corrected chi connectivity index (χ0v) is 11.1. The highest BCUT2D eigenvalue weighted by molar-refractivity contribution is 6.06. The van der Waals surface area contributed by atoms with E-state index in [1.165, 1.54) is 0 Å². The monoisotopic (exact) mass is 257 g/mol. The molecule has 0 saturated carbocycles. The first-order valence-electron chi connectivity index (χ1n) is 6.65. The van der Waals surface area contributed by atoms with E-state index in [2.05, 4.69) is 22.5 Å². The molecule has 0 unspecified atom stereocenters. The first kappa shape index (κ1) is 13.5. The third-order valence-corrected chi connectivity index (χ3v) is 2.96. The largest absolute Gasteiger partial charge is 0.352 e. The molecule has 0 saturated heterocycles. The molecule has 4 nitrogen and oxygen atoms in total. The maximum absolute atomic E-state index is 12.1. The Morgan fingerprint density at radius 3 is 2.95 bits per heavy atom. The van der Waals surface area contributed by atoms with E-state index in [0.717, 1.165) is 30.4 Å². The van der Waals surface area contributed by atoms with Gasteiger partial charge in [0, 0.05) is 23.7 Å². The molecule has 0 fully saturated rings. The van der Waals surface area contributed by atoms with Crippen molar-refractivity contribution in [3.63, 3.8) is 0 Å². The lowest BCUT2D eigenvalue weighted by molar-refractivity contribution is 0.0955. The van der Waals surface area contributed by atoms with Gasteiger partial charge < -0.3 is 10.6 Å². The number of nitrogens with zero attached hydrogens (tertiary/aromatic N) is 1. The summed E-state index contributed by atoms with van der Waals surface area (Å²) in [6, 6.07) is 9.39. The zero-order chi connectivity index (χ0) is 13.5. The van der Waals surface area contributed by atoms with Crippen LogP contribution in [0.3, 0.4) is 0 Å². The number of carbonyl (C=O) groups is 1. The van der Waals surface area contributed by atoms with Crippen molar-refractivity contribution in [1.29, 1.82) is 0 Å². The number of hydrogen-bond donors (Lipinski definition) is 2. The van der Waals surface area contributed by atoms with Crippen molar-refractivity contribution in [3.05, 3.63) is 42.1 Å². The Kier molecular flexibility index (Phi) is 4.86. The number of rotatable bonds is 6. The molecular weight excluding hydrogens is 238 g/mol.